The van der Waals surface area contributed by atoms with E-state index in [-0.39, 0.29) is 6.10 Å². The van der Waals surface area contributed by atoms with Gasteiger partial charge in [0.25, 0.3) is 0 Å². The summed E-state index contributed by atoms with van der Waals surface area (Å²) in [5.74, 6) is 0.670. The van der Waals surface area contributed by atoms with Crippen molar-refractivity contribution in [1.29, 1.82) is 0 Å². The monoisotopic (exact) mass is 260 g/mol. The Morgan fingerprint density at radius 3 is 2.92 bits per heavy atom. The van der Waals surface area contributed by atoms with Crippen molar-refractivity contribution in [3.8, 4) is 5.75 Å². The van der Waals surface area contributed by atoms with E-state index in [1.54, 1.807) is 12.1 Å². The van der Waals surface area contributed by atoms with Gasteiger partial charge in [0.1, 0.15) is 11.9 Å². The molecule has 0 heterocycles. The standard InChI is InChI=1S/C10H10BrClO/c1-3-7(2)13-10-6-8(11)4-5-9(10)12/h3-7H,1H2,2H3. The predicted molar refractivity (Wildman–Crippen MR) is 59.4 cm³/mol. The summed E-state index contributed by atoms with van der Waals surface area (Å²) in [7, 11) is 0. The third-order valence-corrected chi connectivity index (χ3v) is 2.34. The molecule has 0 bridgehead atoms. The fourth-order valence-electron chi connectivity index (χ4n) is 0.816. The van der Waals surface area contributed by atoms with E-state index in [0.29, 0.717) is 10.8 Å². The first kappa shape index (κ1) is 10.6. The van der Waals surface area contributed by atoms with Crippen LogP contribution in [0.25, 0.3) is 0 Å². The van der Waals surface area contributed by atoms with Crippen LogP contribution in [0.1, 0.15) is 6.92 Å². The van der Waals surface area contributed by atoms with E-state index in [4.69, 9.17) is 16.3 Å². The van der Waals surface area contributed by atoms with Gasteiger partial charge in [-0.2, -0.15) is 0 Å². The molecule has 0 radical (unpaired) electrons. The van der Waals surface area contributed by atoms with Crippen molar-refractivity contribution in [2.75, 3.05) is 0 Å². The van der Waals surface area contributed by atoms with Crippen molar-refractivity contribution in [1.82, 2.24) is 0 Å². The maximum atomic E-state index is 5.92. The second kappa shape index (κ2) is 4.68. The van der Waals surface area contributed by atoms with Crippen molar-refractivity contribution in [2.45, 2.75) is 13.0 Å². The zero-order valence-electron chi connectivity index (χ0n) is 7.26. The third-order valence-electron chi connectivity index (χ3n) is 1.54. The normalized spacial score (nSPS) is 12.2. The molecule has 1 nitrogen and oxygen atoms in total. The Bertz CT molecular complexity index is 312. The second-order valence-electron chi connectivity index (χ2n) is 2.63. The number of hydrogen-bond donors (Lipinski definition) is 0. The maximum absolute atomic E-state index is 5.92. The smallest absolute Gasteiger partial charge is 0.139 e. The summed E-state index contributed by atoms with van der Waals surface area (Å²) in [6.07, 6.45) is 1.68. The number of ether oxygens (including phenoxy) is 1. The van der Waals surface area contributed by atoms with Crippen LogP contribution in [0, 0.1) is 0 Å². The van der Waals surface area contributed by atoms with Crippen molar-refractivity contribution < 1.29 is 4.74 Å². The Labute approximate surface area is 91.5 Å². The summed E-state index contributed by atoms with van der Waals surface area (Å²) in [4.78, 5) is 0. The average molecular weight is 262 g/mol. The van der Waals surface area contributed by atoms with Gasteiger partial charge in [-0.05, 0) is 25.1 Å². The molecule has 0 N–H and O–H groups in total. The molecule has 1 unspecified atom stereocenters. The van der Waals surface area contributed by atoms with Crippen LogP contribution in [0.5, 0.6) is 5.75 Å². The zero-order chi connectivity index (χ0) is 9.84. The summed E-state index contributed by atoms with van der Waals surface area (Å²) in [5.41, 5.74) is 0. The number of benzene rings is 1. The molecule has 3 heteroatoms. The molecule has 0 aliphatic rings. The Morgan fingerprint density at radius 1 is 1.62 bits per heavy atom. The lowest BCUT2D eigenvalue weighted by atomic mass is 10.3. The highest BCUT2D eigenvalue weighted by Crippen LogP contribution is 2.28. The van der Waals surface area contributed by atoms with E-state index in [9.17, 15) is 0 Å². The minimum absolute atomic E-state index is 0.0354. The Morgan fingerprint density at radius 2 is 2.31 bits per heavy atom. The summed E-state index contributed by atoms with van der Waals surface area (Å²) >= 11 is 9.26. The summed E-state index contributed by atoms with van der Waals surface area (Å²) in [5, 5.41) is 0.608. The Hall–Kier alpha value is -0.470. The lowest BCUT2D eigenvalue weighted by Crippen LogP contribution is -2.07. The first-order valence-corrected chi connectivity index (χ1v) is 5.05. The van der Waals surface area contributed by atoms with Crippen LogP contribution in [-0.4, -0.2) is 6.10 Å². The van der Waals surface area contributed by atoms with Crippen LogP contribution in [0.15, 0.2) is 35.3 Å². The third kappa shape index (κ3) is 3.05. The van der Waals surface area contributed by atoms with Gasteiger partial charge >= 0.3 is 0 Å². The molecule has 1 aromatic carbocycles. The fraction of sp³-hybridized carbons (Fsp3) is 0.200. The van der Waals surface area contributed by atoms with Crippen LogP contribution >= 0.6 is 27.5 Å². The molecule has 0 aliphatic heterocycles. The lowest BCUT2D eigenvalue weighted by molar-refractivity contribution is 0.270. The minimum Gasteiger partial charge on any atom is -0.485 e. The van der Waals surface area contributed by atoms with E-state index in [1.807, 2.05) is 19.1 Å². The number of hydrogen-bond acceptors (Lipinski definition) is 1. The highest BCUT2D eigenvalue weighted by molar-refractivity contribution is 9.10. The van der Waals surface area contributed by atoms with Crippen LogP contribution in [0.4, 0.5) is 0 Å². The molecule has 0 amide bonds. The van der Waals surface area contributed by atoms with Gasteiger partial charge in [-0.1, -0.05) is 40.2 Å². The largest absolute Gasteiger partial charge is 0.485 e. The molecule has 70 valence electrons. The topological polar surface area (TPSA) is 9.23 Å². The minimum atomic E-state index is -0.0354. The molecule has 0 aromatic heterocycles. The van der Waals surface area contributed by atoms with Crippen LogP contribution in [0.3, 0.4) is 0 Å². The molecule has 1 atom stereocenters. The van der Waals surface area contributed by atoms with Gasteiger partial charge < -0.3 is 4.74 Å². The van der Waals surface area contributed by atoms with Crippen molar-refractivity contribution in [3.63, 3.8) is 0 Å². The second-order valence-corrected chi connectivity index (χ2v) is 3.96. The lowest BCUT2D eigenvalue weighted by Gasteiger charge is -2.11. The van der Waals surface area contributed by atoms with Gasteiger partial charge in [-0.3, -0.25) is 0 Å². The van der Waals surface area contributed by atoms with Crippen LogP contribution < -0.4 is 4.74 Å². The zero-order valence-corrected chi connectivity index (χ0v) is 9.60. The summed E-state index contributed by atoms with van der Waals surface area (Å²) in [6.45, 7) is 5.54. The molecule has 13 heavy (non-hydrogen) atoms. The fourth-order valence-corrected chi connectivity index (χ4v) is 1.32. The summed E-state index contributed by atoms with van der Waals surface area (Å²) in [6, 6.07) is 5.49. The molecule has 0 aliphatic carbocycles. The van der Waals surface area contributed by atoms with Crippen molar-refractivity contribution in [2.24, 2.45) is 0 Å². The first-order chi connectivity index (χ1) is 6.13. The molecular formula is C10H10BrClO. The van der Waals surface area contributed by atoms with Gasteiger partial charge in [0.05, 0.1) is 5.02 Å². The molecule has 0 saturated heterocycles. The average Bonchev–Trinajstić information content (AvgIpc) is 2.11. The Balaban J connectivity index is 2.86. The molecule has 0 fully saturated rings. The molecule has 0 saturated carbocycles. The highest BCUT2D eigenvalue weighted by Gasteiger charge is 2.04. The number of rotatable bonds is 3. The summed E-state index contributed by atoms with van der Waals surface area (Å²) < 4.78 is 6.44. The van der Waals surface area contributed by atoms with Gasteiger partial charge in [0.15, 0.2) is 0 Å². The first-order valence-electron chi connectivity index (χ1n) is 3.87. The Kier molecular flexibility index (Phi) is 3.82. The molecular weight excluding hydrogens is 251 g/mol. The van der Waals surface area contributed by atoms with E-state index in [1.165, 1.54) is 0 Å². The van der Waals surface area contributed by atoms with Gasteiger partial charge in [0, 0.05) is 4.47 Å². The predicted octanol–water partition coefficient (Wildman–Crippen LogP) is 4.06. The highest BCUT2D eigenvalue weighted by atomic mass is 79.9. The van der Waals surface area contributed by atoms with Crippen molar-refractivity contribution >= 4 is 27.5 Å². The maximum Gasteiger partial charge on any atom is 0.139 e. The van der Waals surface area contributed by atoms with Gasteiger partial charge in [-0.25, -0.2) is 0 Å². The van der Waals surface area contributed by atoms with Crippen molar-refractivity contribution in [3.05, 3.63) is 40.3 Å². The van der Waals surface area contributed by atoms with Crippen LogP contribution in [-0.2, 0) is 0 Å². The SMILES string of the molecule is C=CC(C)Oc1cc(Br)ccc1Cl. The van der Waals surface area contributed by atoms with Crippen LogP contribution in [0.2, 0.25) is 5.02 Å². The van der Waals surface area contributed by atoms with Gasteiger partial charge in [-0.15, -0.1) is 0 Å². The molecule has 1 rings (SSSR count). The number of halogens is 2. The van der Waals surface area contributed by atoms with E-state index in [0.717, 1.165) is 4.47 Å². The molecule has 1 aromatic rings. The molecule has 0 spiro atoms. The van der Waals surface area contributed by atoms with E-state index >= 15 is 0 Å². The van der Waals surface area contributed by atoms with Gasteiger partial charge in [0.2, 0.25) is 0 Å². The quantitative estimate of drug-likeness (QED) is 0.746. The van der Waals surface area contributed by atoms with E-state index in [2.05, 4.69) is 22.5 Å². The van der Waals surface area contributed by atoms with E-state index < -0.39 is 0 Å².